The van der Waals surface area contributed by atoms with Crippen LogP contribution in [0.4, 0.5) is 0 Å². The number of benzene rings is 1. The van der Waals surface area contributed by atoms with Crippen molar-refractivity contribution in [3.63, 3.8) is 0 Å². The SMILES string of the molecule is C[C](C)=[Zr+2].C[Si](C)(C)OCCC1=CC([c-]2cccc2)c2ccccc21.[Cl-].[Cl-]. The van der Waals surface area contributed by atoms with Gasteiger partial charge in [0, 0.05) is 6.61 Å². The summed E-state index contributed by atoms with van der Waals surface area (Å²) in [4.78, 5) is 0. The van der Waals surface area contributed by atoms with Crippen LogP contribution in [0.5, 0.6) is 0 Å². The predicted molar refractivity (Wildman–Crippen MR) is 109 cm³/mol. The maximum atomic E-state index is 6.03. The number of hydrogen-bond acceptors (Lipinski definition) is 1. The van der Waals surface area contributed by atoms with Crippen LogP contribution in [-0.2, 0) is 28.7 Å². The molecule has 146 valence electrons. The minimum atomic E-state index is -1.42. The van der Waals surface area contributed by atoms with Gasteiger partial charge in [-0.25, -0.2) is 12.1 Å². The van der Waals surface area contributed by atoms with Gasteiger partial charge in [-0.1, -0.05) is 30.3 Å². The van der Waals surface area contributed by atoms with Crippen molar-refractivity contribution in [1.82, 2.24) is 0 Å². The van der Waals surface area contributed by atoms with Crippen LogP contribution in [0.1, 0.15) is 42.9 Å². The Morgan fingerprint density at radius 1 is 1.04 bits per heavy atom. The zero-order chi connectivity index (χ0) is 18.4. The van der Waals surface area contributed by atoms with E-state index in [0.717, 1.165) is 13.0 Å². The predicted octanol–water partition coefficient (Wildman–Crippen LogP) is -0.0706. The molecular formula is C22H29Cl2OSiZr-. The summed E-state index contributed by atoms with van der Waals surface area (Å²) in [5.41, 5.74) is 5.67. The van der Waals surface area contributed by atoms with Crippen LogP contribution in [0.15, 0.2) is 54.6 Å². The molecule has 2 aromatic carbocycles. The van der Waals surface area contributed by atoms with Crippen molar-refractivity contribution in [2.45, 2.75) is 45.8 Å². The van der Waals surface area contributed by atoms with Crippen molar-refractivity contribution >= 4 is 17.1 Å². The van der Waals surface area contributed by atoms with Crippen molar-refractivity contribution < 1.29 is 53.5 Å². The summed E-state index contributed by atoms with van der Waals surface area (Å²) >= 11 is 1.55. The van der Waals surface area contributed by atoms with E-state index >= 15 is 0 Å². The first-order valence-corrected chi connectivity index (χ1v) is 13.6. The molecule has 0 aromatic heterocycles. The fraction of sp³-hybridized carbons (Fsp3) is 0.364. The van der Waals surface area contributed by atoms with Crippen LogP contribution < -0.4 is 24.8 Å². The smallest absolute Gasteiger partial charge is 0.183 e. The van der Waals surface area contributed by atoms with Gasteiger partial charge in [-0.15, -0.1) is 5.56 Å². The van der Waals surface area contributed by atoms with Crippen molar-refractivity contribution in [2.75, 3.05) is 6.61 Å². The summed E-state index contributed by atoms with van der Waals surface area (Å²) in [6, 6.07) is 17.5. The summed E-state index contributed by atoms with van der Waals surface area (Å²) in [5, 5.41) is 0. The number of hydrogen-bond donors (Lipinski definition) is 0. The van der Waals surface area contributed by atoms with Crippen molar-refractivity contribution in [2.24, 2.45) is 0 Å². The van der Waals surface area contributed by atoms with Gasteiger partial charge >= 0.3 is 41.3 Å². The van der Waals surface area contributed by atoms with E-state index in [2.05, 4.69) is 88.1 Å². The molecule has 3 rings (SSSR count). The molecule has 0 amide bonds. The summed E-state index contributed by atoms with van der Waals surface area (Å²) in [6.45, 7) is 11.8. The number of fused-ring (bicyclic) bond motifs is 1. The van der Waals surface area contributed by atoms with Crippen LogP contribution in [0, 0.1) is 0 Å². The van der Waals surface area contributed by atoms with Crippen molar-refractivity contribution in [3.8, 4) is 0 Å². The van der Waals surface area contributed by atoms with Crippen LogP contribution >= 0.6 is 0 Å². The zero-order valence-corrected chi connectivity index (χ0v) is 21.8. The maximum Gasteiger partial charge on any atom is 0.183 e. The Balaban J connectivity index is 0.00000103. The largest absolute Gasteiger partial charge is 1.00 e. The van der Waals surface area contributed by atoms with E-state index in [0.29, 0.717) is 5.92 Å². The second-order valence-corrected chi connectivity index (χ2v) is 14.7. The summed E-state index contributed by atoms with van der Waals surface area (Å²) < 4.78 is 7.54. The molecule has 0 saturated carbocycles. The van der Waals surface area contributed by atoms with Crippen LogP contribution in [-0.4, -0.2) is 18.1 Å². The third kappa shape index (κ3) is 8.79. The van der Waals surface area contributed by atoms with E-state index in [1.165, 1.54) is 25.5 Å². The number of halogens is 2. The number of rotatable bonds is 5. The quantitative estimate of drug-likeness (QED) is 0.414. The van der Waals surface area contributed by atoms with E-state index in [-0.39, 0.29) is 24.8 Å². The average Bonchev–Trinajstić information content (AvgIpc) is 3.13. The molecule has 2 aromatic rings. The molecule has 0 aliphatic heterocycles. The van der Waals surface area contributed by atoms with Gasteiger partial charge in [0.15, 0.2) is 8.32 Å². The van der Waals surface area contributed by atoms with Gasteiger partial charge in [0.05, 0.1) is 0 Å². The monoisotopic (exact) mass is 497 g/mol. The Morgan fingerprint density at radius 2 is 1.59 bits per heavy atom. The summed E-state index contributed by atoms with van der Waals surface area (Å²) in [6.07, 6.45) is 3.44. The third-order valence-electron chi connectivity index (χ3n) is 3.96. The minimum absolute atomic E-state index is 0. The van der Waals surface area contributed by atoms with Gasteiger partial charge in [-0.05, 0) is 48.7 Å². The van der Waals surface area contributed by atoms with Crippen LogP contribution in [0.2, 0.25) is 19.6 Å². The molecule has 0 saturated heterocycles. The molecule has 0 bridgehead atoms. The van der Waals surface area contributed by atoms with Gasteiger partial charge in [-0.3, -0.25) is 0 Å². The molecule has 0 spiro atoms. The van der Waals surface area contributed by atoms with Crippen LogP contribution in [0.3, 0.4) is 0 Å². The van der Waals surface area contributed by atoms with Gasteiger partial charge in [0.1, 0.15) is 0 Å². The van der Waals surface area contributed by atoms with Crippen LogP contribution in [0.25, 0.3) is 5.57 Å². The Labute approximate surface area is 193 Å². The molecule has 1 aliphatic rings. The molecule has 0 heterocycles. The molecule has 1 unspecified atom stereocenters. The summed E-state index contributed by atoms with van der Waals surface area (Å²) in [7, 11) is -1.42. The van der Waals surface area contributed by atoms with E-state index < -0.39 is 8.32 Å². The Kier molecular flexibility index (Phi) is 12.3. The molecular weight excluding hydrogens is 470 g/mol. The van der Waals surface area contributed by atoms with E-state index in [9.17, 15) is 0 Å². The van der Waals surface area contributed by atoms with E-state index in [4.69, 9.17) is 4.43 Å². The van der Waals surface area contributed by atoms with Gasteiger partial charge in [-0.2, -0.15) is 12.1 Å². The molecule has 0 N–H and O–H groups in total. The maximum absolute atomic E-state index is 6.03. The molecule has 0 radical (unpaired) electrons. The molecule has 5 heteroatoms. The second kappa shape index (κ2) is 12.4. The Morgan fingerprint density at radius 3 is 2.15 bits per heavy atom. The van der Waals surface area contributed by atoms with Gasteiger partial charge in [0.25, 0.3) is 0 Å². The zero-order valence-electron chi connectivity index (χ0n) is 16.9. The standard InChI is InChI=1S/C19H23OSi.C3H6.2ClH.Zr/c1-21(2,3)20-13-12-16-14-19(15-8-4-5-9-15)18-11-7-6-10-17(16)18;1-3-2;;;/h4-11,14,19H,12-13H2,1-3H3;1-2H3;2*1H;/q-1;;;;+2/p-2. The molecule has 1 atom stereocenters. The molecule has 0 fully saturated rings. The first kappa shape index (κ1) is 26.8. The van der Waals surface area contributed by atoms with Gasteiger partial charge in [0.2, 0.25) is 0 Å². The van der Waals surface area contributed by atoms with Crippen molar-refractivity contribution in [3.05, 3.63) is 71.3 Å². The molecule has 1 nitrogen and oxygen atoms in total. The Hall–Kier alpha value is -0.180. The average molecular weight is 500 g/mol. The fourth-order valence-corrected chi connectivity index (χ4v) is 3.71. The topological polar surface area (TPSA) is 9.23 Å². The van der Waals surface area contributed by atoms with E-state index in [1.54, 1.807) is 24.2 Å². The summed E-state index contributed by atoms with van der Waals surface area (Å²) in [5.74, 6) is 0.415. The third-order valence-corrected chi connectivity index (χ3v) is 5.03. The molecule has 1 aliphatic carbocycles. The fourth-order valence-electron chi connectivity index (χ4n) is 3.00. The first-order valence-electron chi connectivity index (χ1n) is 8.95. The van der Waals surface area contributed by atoms with Gasteiger partial charge < -0.3 is 29.2 Å². The van der Waals surface area contributed by atoms with E-state index in [1.807, 2.05) is 0 Å². The van der Waals surface area contributed by atoms with Crippen molar-refractivity contribution in [1.29, 1.82) is 0 Å². The second-order valence-electron chi connectivity index (χ2n) is 7.69. The Bertz CT molecular complexity index is 729. The normalized spacial score (nSPS) is 14.8. The number of allylic oxidation sites excluding steroid dienone is 1. The molecule has 27 heavy (non-hydrogen) atoms. The minimum Gasteiger partial charge on any atom is -1.00 e. The first-order chi connectivity index (χ1) is 11.8.